The number of halogens is 2. The van der Waals surface area contributed by atoms with Gasteiger partial charge in [-0.05, 0) is 48.0 Å². The first-order valence-electron chi connectivity index (χ1n) is 7.12. The molecule has 1 aliphatic heterocycles. The number of nitrogens with zero attached hydrogens (tertiary/aromatic N) is 2. The zero-order chi connectivity index (χ0) is 16.4. The minimum atomic E-state index is -0.729. The summed E-state index contributed by atoms with van der Waals surface area (Å²) in [4.78, 5) is 11.5. The molecule has 0 spiro atoms. The average molecular weight is 333 g/mol. The molecule has 0 saturated heterocycles. The number of phenolic OH excluding ortho intramolecular Hbond substituents is 1. The standard InChI is InChI=1S/C17H14ClFN2O2/c18-15-6-3-12(19)9-14(15)17(10-22)21-8-7-16(20-21)11-1-4-13(23)5-2-11/h1-6,9-10,17,23H,7-8H2. The number of hydrazone groups is 1. The minimum Gasteiger partial charge on any atom is -0.508 e. The number of carbonyl (C=O) groups is 1. The van der Waals surface area contributed by atoms with E-state index in [9.17, 15) is 14.3 Å². The van der Waals surface area contributed by atoms with Crippen molar-refractivity contribution in [3.05, 3.63) is 64.4 Å². The third-order valence-electron chi connectivity index (χ3n) is 3.75. The molecule has 6 heteroatoms. The highest BCUT2D eigenvalue weighted by Crippen LogP contribution is 2.30. The van der Waals surface area contributed by atoms with Gasteiger partial charge in [-0.1, -0.05) is 11.6 Å². The van der Waals surface area contributed by atoms with Gasteiger partial charge in [0.25, 0.3) is 0 Å². The second-order valence-electron chi connectivity index (χ2n) is 5.25. The molecular weight excluding hydrogens is 319 g/mol. The summed E-state index contributed by atoms with van der Waals surface area (Å²) in [6.45, 7) is 0.534. The number of hydrogen-bond acceptors (Lipinski definition) is 4. The normalized spacial score (nSPS) is 15.4. The Kier molecular flexibility index (Phi) is 4.30. The molecule has 2 aromatic rings. The van der Waals surface area contributed by atoms with Gasteiger partial charge in [-0.3, -0.25) is 5.01 Å². The second-order valence-corrected chi connectivity index (χ2v) is 5.66. The minimum absolute atomic E-state index is 0.182. The quantitative estimate of drug-likeness (QED) is 0.871. The van der Waals surface area contributed by atoms with Crippen LogP contribution in [-0.4, -0.2) is 28.7 Å². The van der Waals surface area contributed by atoms with Crippen molar-refractivity contribution in [3.63, 3.8) is 0 Å². The first-order chi connectivity index (χ1) is 11.1. The molecule has 0 radical (unpaired) electrons. The van der Waals surface area contributed by atoms with E-state index in [4.69, 9.17) is 11.6 Å². The van der Waals surface area contributed by atoms with E-state index in [2.05, 4.69) is 5.10 Å². The Bertz CT molecular complexity index is 762. The maximum Gasteiger partial charge on any atom is 0.148 e. The van der Waals surface area contributed by atoms with Crippen LogP contribution in [0.4, 0.5) is 4.39 Å². The lowest BCUT2D eigenvalue weighted by atomic mass is 10.1. The van der Waals surface area contributed by atoms with E-state index in [0.29, 0.717) is 29.8 Å². The van der Waals surface area contributed by atoms with Crippen molar-refractivity contribution in [1.82, 2.24) is 5.01 Å². The lowest BCUT2D eigenvalue weighted by Crippen LogP contribution is -2.23. The summed E-state index contributed by atoms with van der Waals surface area (Å²) in [5, 5.41) is 15.7. The summed E-state index contributed by atoms with van der Waals surface area (Å²) in [5.74, 6) is -0.264. The molecule has 0 saturated carbocycles. The molecule has 0 amide bonds. The lowest BCUT2D eigenvalue weighted by molar-refractivity contribution is -0.112. The first-order valence-corrected chi connectivity index (χ1v) is 7.50. The third kappa shape index (κ3) is 3.19. The third-order valence-corrected chi connectivity index (χ3v) is 4.10. The van der Waals surface area contributed by atoms with Crippen molar-refractivity contribution < 1.29 is 14.3 Å². The number of aromatic hydroxyl groups is 1. The van der Waals surface area contributed by atoms with Crippen molar-refractivity contribution in [2.24, 2.45) is 5.10 Å². The fourth-order valence-electron chi connectivity index (χ4n) is 2.58. The highest BCUT2D eigenvalue weighted by Gasteiger charge is 2.26. The number of phenols is 1. The monoisotopic (exact) mass is 332 g/mol. The van der Waals surface area contributed by atoms with Crippen molar-refractivity contribution in [2.75, 3.05) is 6.54 Å². The molecule has 4 nitrogen and oxygen atoms in total. The topological polar surface area (TPSA) is 52.9 Å². The summed E-state index contributed by atoms with van der Waals surface area (Å²) < 4.78 is 13.5. The van der Waals surface area contributed by atoms with E-state index in [-0.39, 0.29) is 5.75 Å². The molecular formula is C17H14ClFN2O2. The van der Waals surface area contributed by atoms with E-state index < -0.39 is 11.9 Å². The Balaban J connectivity index is 1.90. The lowest BCUT2D eigenvalue weighted by Gasteiger charge is -2.22. The van der Waals surface area contributed by atoms with Crippen LogP contribution < -0.4 is 0 Å². The molecule has 1 atom stereocenters. The zero-order valence-electron chi connectivity index (χ0n) is 12.1. The van der Waals surface area contributed by atoms with Gasteiger partial charge in [0.15, 0.2) is 0 Å². The maximum atomic E-state index is 13.5. The SMILES string of the molecule is O=CC(c1cc(F)ccc1Cl)N1CCC(c2ccc(O)cc2)=N1. The molecule has 0 fully saturated rings. The molecule has 1 unspecified atom stereocenters. The van der Waals surface area contributed by atoms with Gasteiger partial charge in [0.1, 0.15) is 23.9 Å². The van der Waals surface area contributed by atoms with Crippen molar-refractivity contribution in [2.45, 2.75) is 12.5 Å². The molecule has 0 aromatic heterocycles. The summed E-state index contributed by atoms with van der Waals surface area (Å²) in [5.41, 5.74) is 2.09. The van der Waals surface area contributed by atoms with Crippen LogP contribution in [0.15, 0.2) is 47.6 Å². The zero-order valence-corrected chi connectivity index (χ0v) is 12.9. The molecule has 23 heavy (non-hydrogen) atoms. The highest BCUT2D eigenvalue weighted by atomic mass is 35.5. The van der Waals surface area contributed by atoms with Gasteiger partial charge in [-0.25, -0.2) is 4.39 Å². The van der Waals surface area contributed by atoms with Crippen molar-refractivity contribution in [1.29, 1.82) is 0 Å². The van der Waals surface area contributed by atoms with Crippen LogP contribution in [0.1, 0.15) is 23.6 Å². The van der Waals surface area contributed by atoms with Gasteiger partial charge in [-0.2, -0.15) is 5.10 Å². The van der Waals surface area contributed by atoms with E-state index in [1.54, 1.807) is 29.3 Å². The van der Waals surface area contributed by atoms with Gasteiger partial charge in [0.05, 0.1) is 5.71 Å². The molecule has 1 heterocycles. The number of aldehydes is 1. The van der Waals surface area contributed by atoms with Crippen LogP contribution in [0.3, 0.4) is 0 Å². The Morgan fingerprint density at radius 1 is 1.26 bits per heavy atom. The van der Waals surface area contributed by atoms with E-state index in [1.165, 1.54) is 18.2 Å². The largest absolute Gasteiger partial charge is 0.508 e. The van der Waals surface area contributed by atoms with Gasteiger partial charge in [0.2, 0.25) is 0 Å². The number of rotatable bonds is 4. The predicted molar refractivity (Wildman–Crippen MR) is 86.2 cm³/mol. The number of carbonyl (C=O) groups excluding carboxylic acids is 1. The molecule has 118 valence electrons. The van der Waals surface area contributed by atoms with E-state index in [0.717, 1.165) is 11.3 Å². The highest BCUT2D eigenvalue weighted by molar-refractivity contribution is 6.31. The summed E-state index contributed by atoms with van der Waals surface area (Å²) in [6.07, 6.45) is 1.37. The summed E-state index contributed by atoms with van der Waals surface area (Å²) in [7, 11) is 0. The second kappa shape index (κ2) is 6.38. The van der Waals surface area contributed by atoms with Crippen LogP contribution in [0.5, 0.6) is 5.75 Å². The summed E-state index contributed by atoms with van der Waals surface area (Å²) in [6, 6.07) is 9.92. The van der Waals surface area contributed by atoms with Crippen LogP contribution in [0.2, 0.25) is 5.02 Å². The van der Waals surface area contributed by atoms with E-state index >= 15 is 0 Å². The van der Waals surface area contributed by atoms with E-state index in [1.807, 2.05) is 0 Å². The molecule has 0 bridgehead atoms. The van der Waals surface area contributed by atoms with Gasteiger partial charge < -0.3 is 9.90 Å². The van der Waals surface area contributed by atoms with Crippen LogP contribution in [0, 0.1) is 5.82 Å². The Morgan fingerprint density at radius 2 is 2.00 bits per heavy atom. The smallest absolute Gasteiger partial charge is 0.148 e. The maximum absolute atomic E-state index is 13.5. The van der Waals surface area contributed by atoms with Gasteiger partial charge in [0, 0.05) is 23.6 Å². The average Bonchev–Trinajstić information content (AvgIpc) is 3.02. The molecule has 2 aromatic carbocycles. The molecule has 1 aliphatic rings. The van der Waals surface area contributed by atoms with Crippen LogP contribution in [0.25, 0.3) is 0 Å². The Labute approximate surface area is 137 Å². The number of hydrogen-bond donors (Lipinski definition) is 1. The predicted octanol–water partition coefficient (Wildman–Crippen LogP) is 3.53. The molecule has 1 N–H and O–H groups in total. The summed E-state index contributed by atoms with van der Waals surface area (Å²) >= 11 is 6.09. The van der Waals surface area contributed by atoms with Crippen molar-refractivity contribution in [3.8, 4) is 5.75 Å². The fourth-order valence-corrected chi connectivity index (χ4v) is 2.81. The van der Waals surface area contributed by atoms with Gasteiger partial charge >= 0.3 is 0 Å². The Hall–Kier alpha value is -2.40. The number of benzene rings is 2. The molecule has 0 aliphatic carbocycles. The Morgan fingerprint density at radius 3 is 2.70 bits per heavy atom. The van der Waals surface area contributed by atoms with Crippen LogP contribution in [-0.2, 0) is 4.79 Å². The molecule has 3 rings (SSSR count). The van der Waals surface area contributed by atoms with Crippen LogP contribution >= 0.6 is 11.6 Å². The first kappa shape index (κ1) is 15.5. The fraction of sp³-hybridized carbons (Fsp3) is 0.176. The van der Waals surface area contributed by atoms with Crippen molar-refractivity contribution >= 4 is 23.6 Å². The van der Waals surface area contributed by atoms with Gasteiger partial charge in [-0.15, -0.1) is 0 Å².